The molecule has 0 spiro atoms. The van der Waals surface area contributed by atoms with E-state index in [9.17, 15) is 4.57 Å². The van der Waals surface area contributed by atoms with Crippen molar-refractivity contribution >= 4 is 12.6 Å². The molecule has 0 heterocycles. The third kappa shape index (κ3) is 3.99. The summed E-state index contributed by atoms with van der Waals surface area (Å²) in [5, 5.41) is 4.02. The quantitative estimate of drug-likeness (QED) is 0.689. The normalized spacial score (nSPS) is 16.0. The van der Waals surface area contributed by atoms with E-state index in [0.717, 1.165) is 5.30 Å². The van der Waals surface area contributed by atoms with E-state index in [4.69, 9.17) is 0 Å². The molecule has 0 fully saturated rings. The Bertz CT molecular complexity index is 699. The number of benzene rings is 2. The van der Waals surface area contributed by atoms with Crippen LogP contribution in [0.4, 0.5) is 0 Å². The lowest BCUT2D eigenvalue weighted by Gasteiger charge is -2.34. The topological polar surface area (TPSA) is 29.1 Å². The summed E-state index contributed by atoms with van der Waals surface area (Å²) < 4.78 is 13.9. The van der Waals surface area contributed by atoms with E-state index in [1.165, 1.54) is 11.1 Å². The zero-order valence-electron chi connectivity index (χ0n) is 15.7. The standard InChI is InChI=1S/C21H30NOP/c1-16(2)18-12-14-19(15-13-18)17(3)22-24(23,21(4,5)6)20-10-8-7-9-11-20/h7-17H,1-6H3,(H,22,23). The maximum Gasteiger partial charge on any atom is 0.181 e. The monoisotopic (exact) mass is 343 g/mol. The molecule has 2 aromatic carbocycles. The van der Waals surface area contributed by atoms with Crippen LogP contribution in [-0.4, -0.2) is 5.16 Å². The van der Waals surface area contributed by atoms with Gasteiger partial charge < -0.3 is 4.57 Å². The molecule has 1 N–H and O–H groups in total. The van der Waals surface area contributed by atoms with Crippen LogP contribution in [0.5, 0.6) is 0 Å². The highest BCUT2D eigenvalue weighted by Crippen LogP contribution is 2.54. The molecule has 0 aliphatic carbocycles. The van der Waals surface area contributed by atoms with Crippen molar-refractivity contribution in [1.82, 2.24) is 5.09 Å². The molecule has 0 amide bonds. The molecule has 0 radical (unpaired) electrons. The molecule has 2 nitrogen and oxygen atoms in total. The maximum atomic E-state index is 13.9. The van der Waals surface area contributed by atoms with Gasteiger partial charge in [0.1, 0.15) is 0 Å². The van der Waals surface area contributed by atoms with Gasteiger partial charge in [-0.05, 0) is 24.0 Å². The first kappa shape index (κ1) is 19.0. The molecule has 2 atom stereocenters. The number of nitrogens with one attached hydrogen (secondary N) is 1. The van der Waals surface area contributed by atoms with Crippen molar-refractivity contribution in [3.63, 3.8) is 0 Å². The molecule has 2 aromatic rings. The van der Waals surface area contributed by atoms with Crippen LogP contribution < -0.4 is 10.4 Å². The summed E-state index contributed by atoms with van der Waals surface area (Å²) in [6, 6.07) is 18.5. The van der Waals surface area contributed by atoms with Crippen molar-refractivity contribution in [3.8, 4) is 0 Å². The van der Waals surface area contributed by atoms with Crippen molar-refractivity contribution in [2.24, 2.45) is 0 Å². The molecule has 0 bridgehead atoms. The minimum Gasteiger partial charge on any atom is -0.301 e. The van der Waals surface area contributed by atoms with Gasteiger partial charge in [-0.2, -0.15) is 0 Å². The second-order valence-corrected chi connectivity index (χ2v) is 11.1. The summed E-state index contributed by atoms with van der Waals surface area (Å²) in [5.74, 6) is 0.521. The van der Waals surface area contributed by atoms with E-state index in [1.807, 2.05) is 51.1 Å². The van der Waals surface area contributed by atoms with Crippen LogP contribution in [0.3, 0.4) is 0 Å². The fourth-order valence-corrected chi connectivity index (χ4v) is 5.41. The van der Waals surface area contributed by atoms with Gasteiger partial charge in [-0.15, -0.1) is 0 Å². The van der Waals surface area contributed by atoms with Crippen molar-refractivity contribution in [2.45, 2.75) is 58.7 Å². The van der Waals surface area contributed by atoms with Gasteiger partial charge in [-0.3, -0.25) is 5.09 Å². The second kappa shape index (κ2) is 7.25. The Kier molecular flexibility index (Phi) is 5.73. The SMILES string of the molecule is CC(C)c1ccc(C(C)NP(=O)(c2ccccc2)C(C)(C)C)cc1. The fourth-order valence-electron chi connectivity index (χ4n) is 2.81. The summed E-state index contributed by atoms with van der Waals surface area (Å²) in [4.78, 5) is 0. The average molecular weight is 343 g/mol. The van der Waals surface area contributed by atoms with Gasteiger partial charge in [-0.25, -0.2) is 0 Å². The highest BCUT2D eigenvalue weighted by Gasteiger charge is 2.39. The van der Waals surface area contributed by atoms with Crippen LogP contribution in [0.15, 0.2) is 54.6 Å². The molecule has 0 saturated carbocycles. The lowest BCUT2D eigenvalue weighted by molar-refractivity contribution is 0.533. The number of rotatable bonds is 5. The van der Waals surface area contributed by atoms with E-state index >= 15 is 0 Å². The Morgan fingerprint density at radius 2 is 1.33 bits per heavy atom. The summed E-state index contributed by atoms with van der Waals surface area (Å²) in [6.07, 6.45) is 0. The van der Waals surface area contributed by atoms with Crippen molar-refractivity contribution in [1.29, 1.82) is 0 Å². The molecule has 0 aliphatic heterocycles. The molecular weight excluding hydrogens is 313 g/mol. The van der Waals surface area contributed by atoms with Gasteiger partial charge in [0.05, 0.1) is 0 Å². The average Bonchev–Trinajstić information content (AvgIpc) is 2.54. The smallest absolute Gasteiger partial charge is 0.181 e. The van der Waals surface area contributed by atoms with Gasteiger partial charge in [0.25, 0.3) is 0 Å². The molecule has 0 aromatic heterocycles. The van der Waals surface area contributed by atoms with Gasteiger partial charge in [0.2, 0.25) is 0 Å². The molecular formula is C21H30NOP. The minimum atomic E-state index is -2.76. The van der Waals surface area contributed by atoms with Crippen LogP contribution in [0, 0.1) is 0 Å². The third-order valence-electron chi connectivity index (χ3n) is 4.54. The van der Waals surface area contributed by atoms with Gasteiger partial charge in [0, 0.05) is 16.5 Å². The van der Waals surface area contributed by atoms with Crippen LogP contribution in [0.1, 0.15) is 64.6 Å². The van der Waals surface area contributed by atoms with Gasteiger partial charge in [-0.1, -0.05) is 89.2 Å². The largest absolute Gasteiger partial charge is 0.301 e. The molecule has 130 valence electrons. The lowest BCUT2D eigenvalue weighted by Crippen LogP contribution is -2.34. The van der Waals surface area contributed by atoms with E-state index in [-0.39, 0.29) is 11.2 Å². The van der Waals surface area contributed by atoms with Gasteiger partial charge >= 0.3 is 0 Å². The first-order chi connectivity index (χ1) is 11.1. The van der Waals surface area contributed by atoms with E-state index in [1.54, 1.807) is 0 Å². The Labute approximate surface area is 147 Å². The highest BCUT2D eigenvalue weighted by molar-refractivity contribution is 7.71. The van der Waals surface area contributed by atoms with Crippen molar-refractivity contribution < 1.29 is 4.57 Å². The lowest BCUT2D eigenvalue weighted by atomic mass is 10.00. The predicted octanol–water partition coefficient (Wildman–Crippen LogP) is 5.86. The second-order valence-electron chi connectivity index (χ2n) is 7.79. The van der Waals surface area contributed by atoms with Crippen LogP contribution in [-0.2, 0) is 4.57 Å². The first-order valence-corrected chi connectivity index (χ1v) is 10.4. The van der Waals surface area contributed by atoms with Crippen LogP contribution in [0.25, 0.3) is 0 Å². The molecule has 24 heavy (non-hydrogen) atoms. The Morgan fingerprint density at radius 3 is 1.79 bits per heavy atom. The summed E-state index contributed by atoms with van der Waals surface area (Å²) in [5.41, 5.74) is 2.49. The van der Waals surface area contributed by atoms with Crippen LogP contribution >= 0.6 is 7.29 Å². The Hall–Kier alpha value is -1.37. The highest BCUT2D eigenvalue weighted by atomic mass is 31.2. The molecule has 2 unspecified atom stereocenters. The molecule has 2 rings (SSSR count). The first-order valence-electron chi connectivity index (χ1n) is 8.68. The predicted molar refractivity (Wildman–Crippen MR) is 106 cm³/mol. The fraction of sp³-hybridized carbons (Fsp3) is 0.429. The molecule has 0 aliphatic rings. The number of hydrogen-bond acceptors (Lipinski definition) is 1. The van der Waals surface area contributed by atoms with Gasteiger partial charge in [0.15, 0.2) is 7.29 Å². The van der Waals surface area contributed by atoms with Crippen LogP contribution in [0.2, 0.25) is 0 Å². The summed E-state index contributed by atoms with van der Waals surface area (Å²) in [6.45, 7) is 12.6. The Balaban J connectivity index is 2.32. The Morgan fingerprint density at radius 1 is 0.833 bits per heavy atom. The number of hydrogen-bond donors (Lipinski definition) is 1. The van der Waals surface area contributed by atoms with E-state index < -0.39 is 7.29 Å². The zero-order chi connectivity index (χ0) is 18.0. The third-order valence-corrected chi connectivity index (χ3v) is 8.21. The van der Waals surface area contributed by atoms with Crippen molar-refractivity contribution in [2.75, 3.05) is 0 Å². The van der Waals surface area contributed by atoms with E-state index in [2.05, 4.69) is 50.1 Å². The van der Waals surface area contributed by atoms with E-state index in [0.29, 0.717) is 5.92 Å². The van der Waals surface area contributed by atoms with Crippen molar-refractivity contribution in [3.05, 3.63) is 65.7 Å². The summed E-state index contributed by atoms with van der Waals surface area (Å²) >= 11 is 0. The minimum absolute atomic E-state index is 0.0245. The summed E-state index contributed by atoms with van der Waals surface area (Å²) in [7, 11) is -2.76. The molecule has 3 heteroatoms. The zero-order valence-corrected chi connectivity index (χ0v) is 16.6. The maximum absolute atomic E-state index is 13.9. The molecule has 0 saturated heterocycles.